The molecule has 1 amide bonds. The molecule has 0 aliphatic carbocycles. The molecule has 0 aromatic carbocycles. The van der Waals surface area contributed by atoms with Gasteiger partial charge in [-0.1, -0.05) is 0 Å². The highest BCUT2D eigenvalue weighted by atomic mass is 16.5. The van der Waals surface area contributed by atoms with Crippen LogP contribution in [0.5, 0.6) is 0 Å². The van der Waals surface area contributed by atoms with Gasteiger partial charge in [0, 0.05) is 26.8 Å². The quantitative estimate of drug-likeness (QED) is 0.731. The lowest BCUT2D eigenvalue weighted by Gasteiger charge is -2.26. The number of carbonyl (C=O) groups excluding carboxylic acids is 1. The van der Waals surface area contributed by atoms with Crippen molar-refractivity contribution < 1.29 is 9.53 Å². The van der Waals surface area contributed by atoms with Crippen LogP contribution in [0.4, 0.5) is 0 Å². The Hall–Kier alpha value is -0.610. The molecule has 94 valence electrons. The minimum absolute atomic E-state index is 0.0898. The van der Waals surface area contributed by atoms with Crippen molar-refractivity contribution in [1.82, 2.24) is 10.6 Å². The summed E-state index contributed by atoms with van der Waals surface area (Å²) in [6, 6.07) is 0. The van der Waals surface area contributed by atoms with E-state index in [1.165, 1.54) is 0 Å². The van der Waals surface area contributed by atoms with Gasteiger partial charge in [-0.15, -0.1) is 0 Å². The van der Waals surface area contributed by atoms with Crippen LogP contribution >= 0.6 is 0 Å². The standard InChI is InChI=1S/C12H24N2O2/c1-12(2,11(15)13-3)9-14-8-10-4-6-16-7-5-10/h10,14H,4-9H2,1-3H3,(H,13,15). The Labute approximate surface area is 98.1 Å². The predicted molar refractivity (Wildman–Crippen MR) is 64.3 cm³/mol. The van der Waals surface area contributed by atoms with Crippen molar-refractivity contribution >= 4 is 5.91 Å². The highest BCUT2D eigenvalue weighted by molar-refractivity contribution is 5.81. The maximum absolute atomic E-state index is 11.5. The van der Waals surface area contributed by atoms with Gasteiger partial charge in [0.1, 0.15) is 0 Å². The SMILES string of the molecule is CNC(=O)C(C)(C)CNCC1CCOCC1. The summed E-state index contributed by atoms with van der Waals surface area (Å²) < 4.78 is 5.31. The molecule has 0 aromatic heterocycles. The summed E-state index contributed by atoms with van der Waals surface area (Å²) in [6.45, 7) is 7.40. The molecule has 1 saturated heterocycles. The Bertz CT molecular complexity index is 223. The Morgan fingerprint density at radius 1 is 1.38 bits per heavy atom. The second-order valence-corrected chi connectivity index (χ2v) is 5.15. The van der Waals surface area contributed by atoms with Crippen molar-refractivity contribution in [2.24, 2.45) is 11.3 Å². The Balaban J connectivity index is 2.20. The van der Waals surface area contributed by atoms with Crippen molar-refractivity contribution in [2.45, 2.75) is 26.7 Å². The van der Waals surface area contributed by atoms with Gasteiger partial charge in [-0.3, -0.25) is 4.79 Å². The lowest BCUT2D eigenvalue weighted by Crippen LogP contribution is -2.43. The largest absolute Gasteiger partial charge is 0.381 e. The summed E-state index contributed by atoms with van der Waals surface area (Å²) in [5.74, 6) is 0.793. The maximum Gasteiger partial charge on any atom is 0.226 e. The summed E-state index contributed by atoms with van der Waals surface area (Å²) >= 11 is 0. The average Bonchev–Trinajstić information content (AvgIpc) is 2.29. The molecule has 1 aliphatic heterocycles. The van der Waals surface area contributed by atoms with Crippen LogP contribution in [-0.4, -0.2) is 39.3 Å². The molecule has 0 aromatic rings. The number of nitrogens with one attached hydrogen (secondary N) is 2. The van der Waals surface area contributed by atoms with E-state index in [0.717, 1.165) is 39.1 Å². The van der Waals surface area contributed by atoms with E-state index in [-0.39, 0.29) is 11.3 Å². The molecule has 1 rings (SSSR count). The molecule has 0 unspecified atom stereocenters. The van der Waals surface area contributed by atoms with Crippen molar-refractivity contribution in [3.63, 3.8) is 0 Å². The molecule has 0 radical (unpaired) electrons. The predicted octanol–water partition coefficient (Wildman–Crippen LogP) is 0.775. The minimum Gasteiger partial charge on any atom is -0.381 e. The summed E-state index contributed by atoms with van der Waals surface area (Å²) in [6.07, 6.45) is 2.26. The van der Waals surface area contributed by atoms with E-state index in [0.29, 0.717) is 5.92 Å². The number of rotatable bonds is 5. The second-order valence-electron chi connectivity index (χ2n) is 5.15. The first-order valence-corrected chi connectivity index (χ1v) is 6.07. The fourth-order valence-corrected chi connectivity index (χ4v) is 1.96. The molecule has 4 heteroatoms. The van der Waals surface area contributed by atoms with Crippen LogP contribution < -0.4 is 10.6 Å². The molecule has 0 bridgehead atoms. The number of amides is 1. The monoisotopic (exact) mass is 228 g/mol. The van der Waals surface area contributed by atoms with Crippen LogP contribution in [0.2, 0.25) is 0 Å². The zero-order valence-corrected chi connectivity index (χ0v) is 10.6. The molecule has 1 heterocycles. The Morgan fingerprint density at radius 2 is 2.00 bits per heavy atom. The first-order chi connectivity index (χ1) is 7.56. The smallest absolute Gasteiger partial charge is 0.226 e. The third-order valence-electron chi connectivity index (χ3n) is 3.18. The van der Waals surface area contributed by atoms with Gasteiger partial charge in [-0.05, 0) is 39.2 Å². The van der Waals surface area contributed by atoms with E-state index in [2.05, 4.69) is 10.6 Å². The first-order valence-electron chi connectivity index (χ1n) is 6.07. The number of ether oxygens (including phenoxy) is 1. The fourth-order valence-electron chi connectivity index (χ4n) is 1.96. The van der Waals surface area contributed by atoms with Gasteiger partial charge in [0.15, 0.2) is 0 Å². The van der Waals surface area contributed by atoms with Crippen molar-refractivity contribution in [2.75, 3.05) is 33.4 Å². The highest BCUT2D eigenvalue weighted by Gasteiger charge is 2.26. The van der Waals surface area contributed by atoms with Crippen LogP contribution in [0.3, 0.4) is 0 Å². The lowest BCUT2D eigenvalue weighted by atomic mass is 9.91. The number of hydrogen-bond acceptors (Lipinski definition) is 3. The topological polar surface area (TPSA) is 50.4 Å². The maximum atomic E-state index is 11.5. The van der Waals surface area contributed by atoms with Gasteiger partial charge in [0.25, 0.3) is 0 Å². The summed E-state index contributed by atoms with van der Waals surface area (Å²) in [4.78, 5) is 11.5. The van der Waals surface area contributed by atoms with Gasteiger partial charge in [-0.25, -0.2) is 0 Å². The van der Waals surface area contributed by atoms with Crippen LogP contribution in [0.25, 0.3) is 0 Å². The minimum atomic E-state index is -0.333. The normalized spacial score (nSPS) is 18.4. The highest BCUT2D eigenvalue weighted by Crippen LogP contribution is 2.16. The third kappa shape index (κ3) is 4.10. The van der Waals surface area contributed by atoms with Crippen LogP contribution in [0.15, 0.2) is 0 Å². The number of hydrogen-bond donors (Lipinski definition) is 2. The molecule has 0 saturated carbocycles. The zero-order chi connectivity index (χ0) is 12.0. The zero-order valence-electron chi connectivity index (χ0n) is 10.6. The Kier molecular flexibility index (Phi) is 5.22. The van der Waals surface area contributed by atoms with E-state index in [4.69, 9.17) is 4.74 Å². The van der Waals surface area contributed by atoms with E-state index >= 15 is 0 Å². The van der Waals surface area contributed by atoms with E-state index in [9.17, 15) is 4.79 Å². The average molecular weight is 228 g/mol. The van der Waals surface area contributed by atoms with Gasteiger partial charge in [-0.2, -0.15) is 0 Å². The van der Waals surface area contributed by atoms with Gasteiger partial charge >= 0.3 is 0 Å². The van der Waals surface area contributed by atoms with Crippen LogP contribution in [0.1, 0.15) is 26.7 Å². The van der Waals surface area contributed by atoms with Gasteiger partial charge < -0.3 is 15.4 Å². The fraction of sp³-hybridized carbons (Fsp3) is 0.917. The Morgan fingerprint density at radius 3 is 2.56 bits per heavy atom. The van der Waals surface area contributed by atoms with Crippen molar-refractivity contribution in [3.8, 4) is 0 Å². The van der Waals surface area contributed by atoms with Crippen LogP contribution in [-0.2, 0) is 9.53 Å². The molecule has 0 atom stereocenters. The molecule has 1 fully saturated rings. The van der Waals surface area contributed by atoms with Crippen LogP contribution in [0, 0.1) is 11.3 Å². The second kappa shape index (κ2) is 6.21. The number of carbonyl (C=O) groups is 1. The molecule has 1 aliphatic rings. The van der Waals surface area contributed by atoms with Crippen molar-refractivity contribution in [3.05, 3.63) is 0 Å². The summed E-state index contributed by atoms with van der Waals surface area (Å²) in [5, 5.41) is 6.09. The summed E-state index contributed by atoms with van der Waals surface area (Å²) in [7, 11) is 1.68. The van der Waals surface area contributed by atoms with E-state index in [1.54, 1.807) is 7.05 Å². The molecule has 0 spiro atoms. The van der Waals surface area contributed by atoms with E-state index < -0.39 is 0 Å². The molecule has 16 heavy (non-hydrogen) atoms. The van der Waals surface area contributed by atoms with Gasteiger partial charge in [0.2, 0.25) is 5.91 Å². The van der Waals surface area contributed by atoms with Crippen molar-refractivity contribution in [1.29, 1.82) is 0 Å². The molecular weight excluding hydrogens is 204 g/mol. The van der Waals surface area contributed by atoms with E-state index in [1.807, 2.05) is 13.8 Å². The molecular formula is C12H24N2O2. The van der Waals surface area contributed by atoms with Gasteiger partial charge in [0.05, 0.1) is 5.41 Å². The third-order valence-corrected chi connectivity index (χ3v) is 3.18. The molecule has 2 N–H and O–H groups in total. The first kappa shape index (κ1) is 13.5. The lowest BCUT2D eigenvalue weighted by molar-refractivity contribution is -0.128. The summed E-state index contributed by atoms with van der Waals surface area (Å²) in [5.41, 5.74) is -0.333. The molecule has 4 nitrogen and oxygen atoms in total.